The number of halogens is 2. The minimum atomic E-state index is -0.538. The lowest BCUT2D eigenvalue weighted by atomic mass is 9.97. The maximum Gasteiger partial charge on any atom is 0.129 e. The second-order valence-electron chi connectivity index (χ2n) is 8.37. The number of hydrogen-bond donors (Lipinski definition) is 0. The molecule has 2 aromatic carbocycles. The number of benzene rings is 2. The van der Waals surface area contributed by atoms with Crippen LogP contribution in [0.25, 0.3) is 0 Å². The first-order valence-electron chi connectivity index (χ1n) is 11.2. The highest BCUT2D eigenvalue weighted by Crippen LogP contribution is 2.27. The summed E-state index contributed by atoms with van der Waals surface area (Å²) >= 11 is 0. The van der Waals surface area contributed by atoms with Crippen molar-refractivity contribution in [1.29, 1.82) is 0 Å². The van der Waals surface area contributed by atoms with Gasteiger partial charge < -0.3 is 9.64 Å². The van der Waals surface area contributed by atoms with Crippen molar-refractivity contribution in [3.63, 3.8) is 0 Å². The number of likely N-dealkylation sites (N-methyl/N-ethyl adjacent to an activating group) is 1. The maximum absolute atomic E-state index is 13.9. The van der Waals surface area contributed by atoms with Crippen LogP contribution in [-0.2, 0) is 11.2 Å². The molecule has 0 amide bonds. The Morgan fingerprint density at radius 1 is 1.00 bits per heavy atom. The highest BCUT2D eigenvalue weighted by molar-refractivity contribution is 5.35. The molecule has 4 heteroatoms. The number of nitrogens with zero attached hydrogens (tertiary/aromatic N) is 1. The van der Waals surface area contributed by atoms with Crippen molar-refractivity contribution in [1.82, 2.24) is 4.90 Å². The molecule has 30 heavy (non-hydrogen) atoms. The van der Waals surface area contributed by atoms with Crippen molar-refractivity contribution in [2.24, 2.45) is 5.92 Å². The quantitative estimate of drug-likeness (QED) is 0.359. The first-order valence-corrected chi connectivity index (χ1v) is 11.2. The van der Waals surface area contributed by atoms with Crippen molar-refractivity contribution >= 4 is 0 Å². The van der Waals surface area contributed by atoms with Crippen molar-refractivity contribution in [3.05, 3.63) is 70.3 Å². The molecule has 2 nitrogen and oxygen atoms in total. The van der Waals surface area contributed by atoms with E-state index in [2.05, 4.69) is 57.7 Å². The second kappa shape index (κ2) is 12.2. The average molecular weight is 418 g/mol. The molecule has 0 radical (unpaired) electrons. The summed E-state index contributed by atoms with van der Waals surface area (Å²) < 4.78 is 33.4. The van der Waals surface area contributed by atoms with Crippen LogP contribution < -0.4 is 0 Å². The van der Waals surface area contributed by atoms with Crippen LogP contribution in [0.5, 0.6) is 0 Å². The minimum absolute atomic E-state index is 0.0201. The minimum Gasteiger partial charge on any atom is -0.372 e. The summed E-state index contributed by atoms with van der Waals surface area (Å²) in [7, 11) is 0. The van der Waals surface area contributed by atoms with E-state index in [9.17, 15) is 8.78 Å². The zero-order valence-electron chi connectivity index (χ0n) is 19.2. The van der Waals surface area contributed by atoms with Gasteiger partial charge in [-0.1, -0.05) is 51.5 Å². The molecular weight excluding hydrogens is 380 g/mol. The third-order valence-electron chi connectivity index (χ3n) is 5.93. The molecule has 2 aromatic rings. The first-order chi connectivity index (χ1) is 14.3. The van der Waals surface area contributed by atoms with E-state index in [1.165, 1.54) is 28.8 Å². The summed E-state index contributed by atoms with van der Waals surface area (Å²) in [4.78, 5) is 2.46. The van der Waals surface area contributed by atoms with Gasteiger partial charge in [0.2, 0.25) is 0 Å². The van der Waals surface area contributed by atoms with Crippen molar-refractivity contribution < 1.29 is 13.5 Å². The highest BCUT2D eigenvalue weighted by atomic mass is 19.1. The molecule has 0 aliphatic carbocycles. The highest BCUT2D eigenvalue weighted by Gasteiger charge is 2.21. The largest absolute Gasteiger partial charge is 0.372 e. The van der Waals surface area contributed by atoms with Crippen LogP contribution in [-0.4, -0.2) is 31.1 Å². The molecule has 166 valence electrons. The van der Waals surface area contributed by atoms with Crippen LogP contribution in [0, 0.1) is 31.4 Å². The van der Waals surface area contributed by atoms with E-state index in [0.717, 1.165) is 32.1 Å². The van der Waals surface area contributed by atoms with Crippen molar-refractivity contribution in [2.45, 2.75) is 60.0 Å². The fourth-order valence-corrected chi connectivity index (χ4v) is 3.91. The Balaban J connectivity index is 2.07. The Morgan fingerprint density at radius 3 is 2.30 bits per heavy atom. The molecule has 0 N–H and O–H groups in total. The Morgan fingerprint density at radius 2 is 1.70 bits per heavy atom. The molecule has 0 bridgehead atoms. The molecule has 2 unspecified atom stereocenters. The fourth-order valence-electron chi connectivity index (χ4n) is 3.91. The lowest BCUT2D eigenvalue weighted by Gasteiger charge is -2.30. The van der Waals surface area contributed by atoms with Gasteiger partial charge in [-0.3, -0.25) is 0 Å². The Kier molecular flexibility index (Phi) is 9.93. The van der Waals surface area contributed by atoms with Gasteiger partial charge in [0.1, 0.15) is 11.6 Å². The van der Waals surface area contributed by atoms with Gasteiger partial charge in [0.05, 0.1) is 6.10 Å². The van der Waals surface area contributed by atoms with Gasteiger partial charge in [-0.05, 0) is 67.5 Å². The maximum atomic E-state index is 13.9. The number of hydrogen-bond acceptors (Lipinski definition) is 2. The van der Waals surface area contributed by atoms with Gasteiger partial charge in [0, 0.05) is 25.8 Å². The molecule has 0 aliphatic rings. The SMILES string of the molecule is CCC(C)CN(CC)CC(OCCCc1ccc(F)cc1F)c1c(C)cccc1C. The lowest BCUT2D eigenvalue weighted by Crippen LogP contribution is -2.34. The van der Waals surface area contributed by atoms with Gasteiger partial charge in [0.15, 0.2) is 0 Å². The van der Waals surface area contributed by atoms with Crippen LogP contribution in [0.3, 0.4) is 0 Å². The monoisotopic (exact) mass is 417 g/mol. The summed E-state index contributed by atoms with van der Waals surface area (Å²) in [5, 5.41) is 0. The van der Waals surface area contributed by atoms with E-state index >= 15 is 0 Å². The number of aryl methyl sites for hydroxylation is 3. The van der Waals surface area contributed by atoms with Gasteiger partial charge in [0.25, 0.3) is 0 Å². The van der Waals surface area contributed by atoms with E-state index in [-0.39, 0.29) is 6.10 Å². The summed E-state index contributed by atoms with van der Waals surface area (Å²) in [6, 6.07) is 10.1. The van der Waals surface area contributed by atoms with Crippen molar-refractivity contribution in [3.8, 4) is 0 Å². The third kappa shape index (κ3) is 7.17. The average Bonchev–Trinajstić information content (AvgIpc) is 2.71. The topological polar surface area (TPSA) is 12.5 Å². The molecule has 0 saturated carbocycles. The molecule has 2 rings (SSSR count). The molecule has 2 atom stereocenters. The van der Waals surface area contributed by atoms with Crippen LogP contribution in [0.4, 0.5) is 8.78 Å². The van der Waals surface area contributed by atoms with E-state index < -0.39 is 11.6 Å². The van der Waals surface area contributed by atoms with Gasteiger partial charge in [-0.2, -0.15) is 0 Å². The molecule has 0 spiro atoms. The summed E-state index contributed by atoms with van der Waals surface area (Å²) in [6.07, 6.45) is 2.37. The van der Waals surface area contributed by atoms with Gasteiger partial charge in [-0.25, -0.2) is 8.78 Å². The van der Waals surface area contributed by atoms with Crippen LogP contribution >= 0.6 is 0 Å². The normalized spacial score (nSPS) is 13.6. The van der Waals surface area contributed by atoms with Gasteiger partial charge in [-0.15, -0.1) is 0 Å². The van der Waals surface area contributed by atoms with E-state index in [1.54, 1.807) is 0 Å². The van der Waals surface area contributed by atoms with E-state index in [4.69, 9.17) is 4.74 Å². The van der Waals surface area contributed by atoms with E-state index in [0.29, 0.717) is 30.9 Å². The van der Waals surface area contributed by atoms with Crippen LogP contribution in [0.15, 0.2) is 36.4 Å². The third-order valence-corrected chi connectivity index (χ3v) is 5.93. The van der Waals surface area contributed by atoms with Crippen LogP contribution in [0.1, 0.15) is 62.0 Å². The Hall–Kier alpha value is -1.78. The molecule has 0 saturated heterocycles. The zero-order chi connectivity index (χ0) is 22.1. The van der Waals surface area contributed by atoms with E-state index in [1.807, 2.05) is 0 Å². The Labute approximate surface area is 181 Å². The standard InChI is InChI=1S/C26H37F2NO/c1-6-19(3)17-29(7-2)18-25(26-20(4)10-8-11-21(26)5)30-15-9-12-22-13-14-23(27)16-24(22)28/h8,10-11,13-14,16,19,25H,6-7,9,12,15,17-18H2,1-5H3. The smallest absolute Gasteiger partial charge is 0.129 e. The summed E-state index contributed by atoms with van der Waals surface area (Å²) in [6.45, 7) is 14.4. The molecule has 0 aromatic heterocycles. The predicted octanol–water partition coefficient (Wildman–Crippen LogP) is 6.64. The number of ether oxygens (including phenoxy) is 1. The summed E-state index contributed by atoms with van der Waals surface area (Å²) in [5.41, 5.74) is 4.27. The van der Waals surface area contributed by atoms with Gasteiger partial charge >= 0.3 is 0 Å². The zero-order valence-corrected chi connectivity index (χ0v) is 19.2. The first kappa shape index (κ1) is 24.5. The Bertz CT molecular complexity index is 772. The molecule has 0 fully saturated rings. The molecule has 0 aliphatic heterocycles. The molecule has 0 heterocycles. The van der Waals surface area contributed by atoms with Crippen LogP contribution in [0.2, 0.25) is 0 Å². The van der Waals surface area contributed by atoms with Crippen molar-refractivity contribution in [2.75, 3.05) is 26.2 Å². The fraction of sp³-hybridized carbons (Fsp3) is 0.538. The number of rotatable bonds is 12. The molecular formula is C26H37F2NO. The lowest BCUT2D eigenvalue weighted by molar-refractivity contribution is 0.0210. The summed E-state index contributed by atoms with van der Waals surface area (Å²) in [5.74, 6) is -0.374. The second-order valence-corrected chi connectivity index (χ2v) is 8.37. The predicted molar refractivity (Wildman–Crippen MR) is 121 cm³/mol.